The van der Waals surface area contributed by atoms with Crippen molar-refractivity contribution < 1.29 is 4.74 Å². The molecule has 1 aromatic carbocycles. The number of morpholine rings is 1. The molecule has 5 nitrogen and oxygen atoms in total. The molecule has 0 amide bonds. The number of benzene rings is 1. The van der Waals surface area contributed by atoms with Crippen molar-refractivity contribution in [3.8, 4) is 0 Å². The zero-order chi connectivity index (χ0) is 13.2. The average Bonchev–Trinajstić information content (AvgIpc) is 2.87. The Labute approximate surface area is 113 Å². The lowest BCUT2D eigenvalue weighted by molar-refractivity contribution is -0.0211. The fourth-order valence-electron chi connectivity index (χ4n) is 2.77. The van der Waals surface area contributed by atoms with Gasteiger partial charge in [-0.05, 0) is 31.8 Å². The van der Waals surface area contributed by atoms with Crippen LogP contribution in [-0.4, -0.2) is 54.8 Å². The largest absolute Gasteiger partial charge is 0.374 e. The minimum absolute atomic E-state index is 0.184. The number of rotatable bonds is 3. The van der Waals surface area contributed by atoms with Crippen molar-refractivity contribution in [2.45, 2.75) is 12.1 Å². The Balaban J connectivity index is 1.93. The van der Waals surface area contributed by atoms with E-state index in [-0.39, 0.29) is 12.1 Å². The molecule has 0 bridgehead atoms. The lowest BCUT2D eigenvalue weighted by Gasteiger charge is -2.35. The lowest BCUT2D eigenvalue weighted by atomic mass is 9.99. The Morgan fingerprint density at radius 3 is 3.05 bits per heavy atom. The van der Waals surface area contributed by atoms with Gasteiger partial charge >= 0.3 is 0 Å². The number of nitrogens with zero attached hydrogens (tertiary/aromatic N) is 2. The Morgan fingerprint density at radius 1 is 1.42 bits per heavy atom. The first kappa shape index (κ1) is 12.6. The molecular weight excluding hydrogens is 240 g/mol. The molecule has 1 saturated heterocycles. The summed E-state index contributed by atoms with van der Waals surface area (Å²) in [6, 6.07) is 6.63. The molecule has 2 atom stereocenters. The average molecular weight is 260 g/mol. The van der Waals surface area contributed by atoms with Crippen LogP contribution in [-0.2, 0) is 4.74 Å². The number of hydrogen-bond acceptors (Lipinski definition) is 4. The zero-order valence-corrected chi connectivity index (χ0v) is 11.4. The molecule has 1 fully saturated rings. The van der Waals surface area contributed by atoms with E-state index in [0.29, 0.717) is 0 Å². The molecule has 2 N–H and O–H groups in total. The Kier molecular flexibility index (Phi) is 3.50. The van der Waals surface area contributed by atoms with Gasteiger partial charge in [-0.2, -0.15) is 0 Å². The van der Waals surface area contributed by atoms with E-state index in [2.05, 4.69) is 52.5 Å². The summed E-state index contributed by atoms with van der Waals surface area (Å²) in [5.74, 6) is 0. The number of nitrogens with one attached hydrogen (secondary N) is 2. The van der Waals surface area contributed by atoms with Gasteiger partial charge in [0.1, 0.15) is 0 Å². The summed E-state index contributed by atoms with van der Waals surface area (Å²) >= 11 is 0. The summed E-state index contributed by atoms with van der Waals surface area (Å²) in [6.45, 7) is 2.61. The molecule has 2 aromatic rings. The Morgan fingerprint density at radius 2 is 2.32 bits per heavy atom. The molecule has 0 saturated carbocycles. The second-order valence-electron chi connectivity index (χ2n) is 5.20. The van der Waals surface area contributed by atoms with Gasteiger partial charge in [0.05, 0.1) is 36.1 Å². The fourth-order valence-corrected chi connectivity index (χ4v) is 2.77. The van der Waals surface area contributed by atoms with Crippen LogP contribution < -0.4 is 5.32 Å². The predicted molar refractivity (Wildman–Crippen MR) is 75.1 cm³/mol. The van der Waals surface area contributed by atoms with Crippen LogP contribution in [0.1, 0.15) is 11.6 Å². The highest BCUT2D eigenvalue weighted by molar-refractivity contribution is 5.75. The molecule has 5 heteroatoms. The number of aromatic nitrogens is 2. The van der Waals surface area contributed by atoms with E-state index >= 15 is 0 Å². The summed E-state index contributed by atoms with van der Waals surface area (Å²) in [6.07, 6.45) is 1.92. The van der Waals surface area contributed by atoms with E-state index in [4.69, 9.17) is 4.74 Å². The van der Waals surface area contributed by atoms with Crippen LogP contribution in [0, 0.1) is 0 Å². The first-order chi connectivity index (χ1) is 9.25. The molecule has 1 aromatic heterocycles. The lowest BCUT2D eigenvalue weighted by Crippen LogP contribution is -2.45. The van der Waals surface area contributed by atoms with E-state index < -0.39 is 0 Å². The van der Waals surface area contributed by atoms with Crippen LogP contribution >= 0.6 is 0 Å². The quantitative estimate of drug-likeness (QED) is 0.869. The zero-order valence-electron chi connectivity index (χ0n) is 11.4. The van der Waals surface area contributed by atoms with E-state index in [9.17, 15) is 0 Å². The first-order valence-corrected chi connectivity index (χ1v) is 6.67. The topological polar surface area (TPSA) is 53.2 Å². The summed E-state index contributed by atoms with van der Waals surface area (Å²) in [4.78, 5) is 9.65. The molecule has 1 aliphatic heterocycles. The smallest absolute Gasteiger partial charge is 0.0931 e. The molecule has 0 spiro atoms. The molecule has 3 rings (SSSR count). The number of H-pyrrole nitrogens is 1. The van der Waals surface area contributed by atoms with Crippen LogP contribution in [0.15, 0.2) is 24.5 Å². The van der Waals surface area contributed by atoms with Crippen molar-refractivity contribution in [3.05, 3.63) is 30.1 Å². The van der Waals surface area contributed by atoms with Crippen LogP contribution in [0.5, 0.6) is 0 Å². The van der Waals surface area contributed by atoms with Crippen molar-refractivity contribution in [2.75, 3.05) is 33.8 Å². The van der Waals surface area contributed by atoms with Gasteiger partial charge < -0.3 is 19.9 Å². The summed E-state index contributed by atoms with van der Waals surface area (Å²) < 4.78 is 5.92. The number of hydrogen-bond donors (Lipinski definition) is 2. The third-order valence-electron chi connectivity index (χ3n) is 3.65. The monoisotopic (exact) mass is 260 g/mol. The van der Waals surface area contributed by atoms with Gasteiger partial charge in [-0.15, -0.1) is 0 Å². The Bertz CT molecular complexity index is 545. The van der Waals surface area contributed by atoms with Gasteiger partial charge in [0.15, 0.2) is 0 Å². The van der Waals surface area contributed by atoms with Gasteiger partial charge in [-0.3, -0.25) is 0 Å². The number of imidazole rings is 1. The molecule has 2 unspecified atom stereocenters. The minimum atomic E-state index is 0.184. The maximum Gasteiger partial charge on any atom is 0.0931 e. The van der Waals surface area contributed by atoms with Crippen molar-refractivity contribution in [2.24, 2.45) is 0 Å². The summed E-state index contributed by atoms with van der Waals surface area (Å²) in [7, 11) is 4.19. The van der Waals surface area contributed by atoms with Crippen LogP contribution in [0.2, 0.25) is 0 Å². The van der Waals surface area contributed by atoms with Gasteiger partial charge in [0, 0.05) is 13.1 Å². The SMILES string of the molecule is CN(C)C(c1ccc2nc[nH]c2c1)C1CNCCO1. The van der Waals surface area contributed by atoms with E-state index in [1.54, 1.807) is 6.33 Å². The molecule has 0 radical (unpaired) electrons. The predicted octanol–water partition coefficient (Wildman–Crippen LogP) is 1.15. The van der Waals surface area contributed by atoms with Crippen LogP contribution in [0.3, 0.4) is 0 Å². The normalized spacial score (nSPS) is 21.9. The number of ether oxygens (including phenoxy) is 1. The molecule has 2 heterocycles. The van der Waals surface area contributed by atoms with Gasteiger partial charge in [-0.25, -0.2) is 4.98 Å². The third kappa shape index (κ3) is 2.49. The van der Waals surface area contributed by atoms with E-state index in [0.717, 1.165) is 30.7 Å². The molecular formula is C14H20N4O. The number of aromatic amines is 1. The maximum absolute atomic E-state index is 5.92. The van der Waals surface area contributed by atoms with Crippen molar-refractivity contribution in [1.82, 2.24) is 20.2 Å². The Hall–Kier alpha value is -1.43. The first-order valence-electron chi connectivity index (χ1n) is 6.67. The van der Waals surface area contributed by atoms with E-state index in [1.165, 1.54) is 5.56 Å². The molecule has 1 aliphatic rings. The second kappa shape index (κ2) is 5.28. The number of likely N-dealkylation sites (N-methyl/N-ethyl adjacent to an activating group) is 1. The maximum atomic E-state index is 5.92. The third-order valence-corrected chi connectivity index (χ3v) is 3.65. The minimum Gasteiger partial charge on any atom is -0.374 e. The highest BCUT2D eigenvalue weighted by Gasteiger charge is 2.27. The summed E-state index contributed by atoms with van der Waals surface area (Å²) in [5, 5.41) is 3.40. The van der Waals surface area contributed by atoms with Crippen molar-refractivity contribution >= 4 is 11.0 Å². The van der Waals surface area contributed by atoms with E-state index in [1.807, 2.05) is 0 Å². The van der Waals surface area contributed by atoms with Gasteiger partial charge in [0.2, 0.25) is 0 Å². The highest BCUT2D eigenvalue weighted by atomic mass is 16.5. The van der Waals surface area contributed by atoms with Gasteiger partial charge in [-0.1, -0.05) is 6.07 Å². The second-order valence-corrected chi connectivity index (χ2v) is 5.20. The molecule has 102 valence electrons. The van der Waals surface area contributed by atoms with Gasteiger partial charge in [0.25, 0.3) is 0 Å². The fraction of sp³-hybridized carbons (Fsp3) is 0.500. The molecule has 19 heavy (non-hydrogen) atoms. The standard InChI is InChI=1S/C14H20N4O/c1-18(2)14(13-8-15-5-6-19-13)10-3-4-11-12(7-10)17-9-16-11/h3-4,7,9,13-15H,5-6,8H2,1-2H3,(H,16,17). The van der Waals surface area contributed by atoms with Crippen LogP contribution in [0.25, 0.3) is 11.0 Å². The van der Waals surface area contributed by atoms with Crippen molar-refractivity contribution in [3.63, 3.8) is 0 Å². The molecule has 0 aliphatic carbocycles. The highest BCUT2D eigenvalue weighted by Crippen LogP contribution is 2.27. The number of fused-ring (bicyclic) bond motifs is 1. The summed E-state index contributed by atoms with van der Waals surface area (Å²) in [5.41, 5.74) is 3.34. The van der Waals surface area contributed by atoms with Crippen molar-refractivity contribution in [1.29, 1.82) is 0 Å². The van der Waals surface area contributed by atoms with Crippen LogP contribution in [0.4, 0.5) is 0 Å².